The minimum Gasteiger partial charge on any atom is -0.478 e. The van der Waals surface area contributed by atoms with Crippen molar-refractivity contribution in [2.24, 2.45) is 0 Å². The van der Waals surface area contributed by atoms with E-state index in [1.54, 1.807) is 12.1 Å². The number of hydrogen-bond donors (Lipinski definition) is 1. The van der Waals surface area contributed by atoms with E-state index in [-0.39, 0.29) is 11.3 Å². The maximum Gasteiger partial charge on any atom is 0.335 e. The van der Waals surface area contributed by atoms with E-state index in [1.807, 2.05) is 6.92 Å². The average Bonchev–Trinajstić information content (AvgIpc) is 2.26. The monoisotopic (exact) mass is 206 g/mol. The Bertz CT molecular complexity index is 352. The van der Waals surface area contributed by atoms with Gasteiger partial charge in [0.2, 0.25) is 0 Å². The summed E-state index contributed by atoms with van der Waals surface area (Å²) in [7, 11) is 0. The first-order valence-corrected chi connectivity index (χ1v) is 5.01. The molecule has 0 saturated heterocycles. The topological polar surface area (TPSA) is 54.4 Å². The zero-order valence-corrected chi connectivity index (χ0v) is 8.69. The molecule has 80 valence electrons. The minimum atomic E-state index is -0.970. The number of benzene rings is 1. The highest BCUT2D eigenvalue weighted by atomic mass is 16.4. The van der Waals surface area contributed by atoms with E-state index in [0.29, 0.717) is 12.0 Å². The molecule has 0 aliphatic carbocycles. The van der Waals surface area contributed by atoms with Gasteiger partial charge >= 0.3 is 5.97 Å². The van der Waals surface area contributed by atoms with Crippen molar-refractivity contribution in [3.8, 4) is 0 Å². The SMILES string of the molecule is CCCCC(=O)c1ccc(C(=O)O)cc1. The van der Waals surface area contributed by atoms with Gasteiger partial charge < -0.3 is 5.11 Å². The van der Waals surface area contributed by atoms with E-state index < -0.39 is 5.97 Å². The van der Waals surface area contributed by atoms with Crippen molar-refractivity contribution >= 4 is 11.8 Å². The molecule has 0 aromatic heterocycles. The molecule has 1 aromatic carbocycles. The van der Waals surface area contributed by atoms with E-state index in [0.717, 1.165) is 12.8 Å². The number of carbonyl (C=O) groups is 2. The largest absolute Gasteiger partial charge is 0.478 e. The molecule has 0 aliphatic heterocycles. The van der Waals surface area contributed by atoms with Gasteiger partial charge in [0.15, 0.2) is 5.78 Å². The summed E-state index contributed by atoms with van der Waals surface area (Å²) in [6, 6.07) is 6.06. The zero-order chi connectivity index (χ0) is 11.3. The summed E-state index contributed by atoms with van der Waals surface area (Å²) in [6.45, 7) is 2.03. The molecule has 0 saturated carbocycles. The lowest BCUT2D eigenvalue weighted by atomic mass is 10.0. The van der Waals surface area contributed by atoms with Crippen molar-refractivity contribution < 1.29 is 14.7 Å². The first-order valence-electron chi connectivity index (χ1n) is 5.01. The van der Waals surface area contributed by atoms with Gasteiger partial charge in [0.25, 0.3) is 0 Å². The molecule has 1 aromatic rings. The Kier molecular flexibility index (Phi) is 4.03. The van der Waals surface area contributed by atoms with Gasteiger partial charge in [-0.15, -0.1) is 0 Å². The fourth-order valence-corrected chi connectivity index (χ4v) is 1.28. The second kappa shape index (κ2) is 5.29. The van der Waals surface area contributed by atoms with E-state index in [2.05, 4.69) is 0 Å². The molecule has 0 spiro atoms. The molecular formula is C12H14O3. The zero-order valence-electron chi connectivity index (χ0n) is 8.69. The predicted molar refractivity (Wildman–Crippen MR) is 57.3 cm³/mol. The molecule has 0 unspecified atom stereocenters. The highest BCUT2D eigenvalue weighted by Crippen LogP contribution is 2.09. The summed E-state index contributed by atoms with van der Waals surface area (Å²) >= 11 is 0. The average molecular weight is 206 g/mol. The van der Waals surface area contributed by atoms with Crippen molar-refractivity contribution in [2.75, 3.05) is 0 Å². The van der Waals surface area contributed by atoms with Crippen LogP contribution in [0.3, 0.4) is 0 Å². The highest BCUT2D eigenvalue weighted by Gasteiger charge is 2.06. The van der Waals surface area contributed by atoms with Crippen LogP contribution in [0.5, 0.6) is 0 Å². The predicted octanol–water partition coefficient (Wildman–Crippen LogP) is 2.76. The van der Waals surface area contributed by atoms with Crippen LogP contribution in [0.4, 0.5) is 0 Å². The normalized spacial score (nSPS) is 9.93. The molecule has 3 heteroatoms. The molecule has 0 amide bonds. The molecule has 0 fully saturated rings. The number of carboxylic acids is 1. The smallest absolute Gasteiger partial charge is 0.335 e. The number of hydrogen-bond acceptors (Lipinski definition) is 2. The van der Waals surface area contributed by atoms with Crippen molar-refractivity contribution in [1.29, 1.82) is 0 Å². The maximum absolute atomic E-state index is 11.5. The van der Waals surface area contributed by atoms with E-state index >= 15 is 0 Å². The fraction of sp³-hybridized carbons (Fsp3) is 0.333. The summed E-state index contributed by atoms with van der Waals surface area (Å²) in [5.74, 6) is -0.892. The quantitative estimate of drug-likeness (QED) is 0.753. The van der Waals surface area contributed by atoms with Gasteiger partial charge in [0, 0.05) is 12.0 Å². The van der Waals surface area contributed by atoms with Crippen LogP contribution in [0.25, 0.3) is 0 Å². The van der Waals surface area contributed by atoms with Crippen molar-refractivity contribution in [3.63, 3.8) is 0 Å². The van der Waals surface area contributed by atoms with Crippen LogP contribution >= 0.6 is 0 Å². The van der Waals surface area contributed by atoms with Crippen LogP contribution in [0, 0.1) is 0 Å². The van der Waals surface area contributed by atoms with Crippen LogP contribution < -0.4 is 0 Å². The summed E-state index contributed by atoms with van der Waals surface area (Å²) in [5.41, 5.74) is 0.801. The Morgan fingerprint density at radius 1 is 1.13 bits per heavy atom. The van der Waals surface area contributed by atoms with Gasteiger partial charge in [-0.1, -0.05) is 25.5 Å². The molecule has 0 atom stereocenters. The van der Waals surface area contributed by atoms with Crippen LogP contribution in [0.15, 0.2) is 24.3 Å². The van der Waals surface area contributed by atoms with Gasteiger partial charge in [-0.05, 0) is 18.6 Å². The van der Waals surface area contributed by atoms with Gasteiger partial charge in [-0.2, -0.15) is 0 Å². The first kappa shape index (κ1) is 11.4. The van der Waals surface area contributed by atoms with Crippen molar-refractivity contribution in [2.45, 2.75) is 26.2 Å². The third-order valence-electron chi connectivity index (χ3n) is 2.21. The van der Waals surface area contributed by atoms with Crippen molar-refractivity contribution in [3.05, 3.63) is 35.4 Å². The van der Waals surface area contributed by atoms with E-state index in [9.17, 15) is 9.59 Å². The second-order valence-electron chi connectivity index (χ2n) is 3.41. The van der Waals surface area contributed by atoms with Gasteiger partial charge in [-0.3, -0.25) is 4.79 Å². The van der Waals surface area contributed by atoms with Crippen LogP contribution in [0.2, 0.25) is 0 Å². The van der Waals surface area contributed by atoms with E-state index in [1.165, 1.54) is 12.1 Å². The standard InChI is InChI=1S/C12H14O3/c1-2-3-4-11(13)9-5-7-10(8-6-9)12(14)15/h5-8H,2-4H2,1H3,(H,14,15). The number of carbonyl (C=O) groups excluding carboxylic acids is 1. The number of unbranched alkanes of at least 4 members (excludes halogenated alkanes) is 1. The van der Waals surface area contributed by atoms with Gasteiger partial charge in [0.1, 0.15) is 0 Å². The number of ketones is 1. The Morgan fingerprint density at radius 3 is 2.13 bits per heavy atom. The molecular weight excluding hydrogens is 192 g/mol. The Labute approximate surface area is 88.7 Å². The van der Waals surface area contributed by atoms with Crippen LogP contribution in [0.1, 0.15) is 46.9 Å². The summed E-state index contributed by atoms with van der Waals surface area (Å²) in [5, 5.41) is 8.67. The molecule has 0 radical (unpaired) electrons. The number of aromatic carboxylic acids is 1. The third-order valence-corrected chi connectivity index (χ3v) is 2.21. The summed E-state index contributed by atoms with van der Waals surface area (Å²) in [6.07, 6.45) is 2.39. The second-order valence-corrected chi connectivity index (χ2v) is 3.41. The van der Waals surface area contributed by atoms with Crippen LogP contribution in [-0.4, -0.2) is 16.9 Å². The van der Waals surface area contributed by atoms with Crippen LogP contribution in [-0.2, 0) is 0 Å². The fourth-order valence-electron chi connectivity index (χ4n) is 1.28. The molecule has 1 rings (SSSR count). The number of rotatable bonds is 5. The first-order chi connectivity index (χ1) is 7.15. The lowest BCUT2D eigenvalue weighted by Gasteiger charge is -2.00. The highest BCUT2D eigenvalue weighted by molar-refractivity contribution is 5.97. The summed E-state index contributed by atoms with van der Waals surface area (Å²) < 4.78 is 0. The molecule has 1 N–H and O–H groups in total. The molecule has 15 heavy (non-hydrogen) atoms. The molecule has 3 nitrogen and oxygen atoms in total. The summed E-state index contributed by atoms with van der Waals surface area (Å²) in [4.78, 5) is 22.1. The third kappa shape index (κ3) is 3.20. The number of carboxylic acid groups (broad SMARTS) is 1. The minimum absolute atomic E-state index is 0.0776. The van der Waals surface area contributed by atoms with Gasteiger partial charge in [-0.25, -0.2) is 4.79 Å². The maximum atomic E-state index is 11.5. The Balaban J connectivity index is 2.71. The molecule has 0 heterocycles. The lowest BCUT2D eigenvalue weighted by Crippen LogP contribution is -2.01. The molecule has 0 aliphatic rings. The molecule has 0 bridgehead atoms. The van der Waals surface area contributed by atoms with Gasteiger partial charge in [0.05, 0.1) is 5.56 Å². The Morgan fingerprint density at radius 2 is 1.67 bits per heavy atom. The van der Waals surface area contributed by atoms with E-state index in [4.69, 9.17) is 5.11 Å². The van der Waals surface area contributed by atoms with Crippen molar-refractivity contribution in [1.82, 2.24) is 0 Å². The lowest BCUT2D eigenvalue weighted by molar-refractivity contribution is 0.0696. The Hall–Kier alpha value is -1.64. The number of Topliss-reactive ketones (excluding diaryl/α,β-unsaturated/α-hetero) is 1.